The Hall–Kier alpha value is -3.00. The summed E-state index contributed by atoms with van der Waals surface area (Å²) >= 11 is 0. The largest absolute Gasteiger partial charge is 0.344 e. The van der Waals surface area contributed by atoms with Gasteiger partial charge in [-0.15, -0.1) is 0 Å². The van der Waals surface area contributed by atoms with Crippen LogP contribution in [-0.4, -0.2) is 48.5 Å². The lowest BCUT2D eigenvalue weighted by Crippen LogP contribution is -2.44. The van der Waals surface area contributed by atoms with E-state index in [1.165, 1.54) is 5.01 Å². The molecule has 2 unspecified atom stereocenters. The van der Waals surface area contributed by atoms with Crippen LogP contribution in [0, 0.1) is 0 Å². The molecule has 2 aromatic rings. The summed E-state index contributed by atoms with van der Waals surface area (Å²) in [7, 11) is -3.16. The maximum atomic E-state index is 13.1. The summed E-state index contributed by atoms with van der Waals surface area (Å²) < 4.78 is 23.6. The van der Waals surface area contributed by atoms with E-state index in [4.69, 9.17) is 0 Å². The first-order valence-corrected chi connectivity index (χ1v) is 12.2. The maximum absolute atomic E-state index is 13.1. The van der Waals surface area contributed by atoms with Gasteiger partial charge in [-0.3, -0.25) is 9.59 Å². The minimum Gasteiger partial charge on any atom is -0.344 e. The Morgan fingerprint density at radius 3 is 2.39 bits per heavy atom. The summed E-state index contributed by atoms with van der Waals surface area (Å²) in [6.07, 6.45) is 1.37. The predicted molar refractivity (Wildman–Crippen MR) is 118 cm³/mol. The van der Waals surface area contributed by atoms with E-state index in [0.29, 0.717) is 12.8 Å². The molecule has 2 atom stereocenters. The van der Waals surface area contributed by atoms with Crippen molar-refractivity contribution in [3.8, 4) is 0 Å². The van der Waals surface area contributed by atoms with Crippen molar-refractivity contribution in [3.05, 3.63) is 71.8 Å². The average molecular weight is 440 g/mol. The van der Waals surface area contributed by atoms with Crippen molar-refractivity contribution in [1.29, 1.82) is 0 Å². The molecule has 0 radical (unpaired) electrons. The number of sulfone groups is 1. The zero-order valence-electron chi connectivity index (χ0n) is 17.1. The van der Waals surface area contributed by atoms with Gasteiger partial charge in [0.05, 0.1) is 23.6 Å². The molecule has 2 heterocycles. The fourth-order valence-corrected chi connectivity index (χ4v) is 5.71. The number of benzene rings is 2. The molecule has 7 nitrogen and oxygen atoms in total. The van der Waals surface area contributed by atoms with Gasteiger partial charge in [-0.1, -0.05) is 60.7 Å². The van der Waals surface area contributed by atoms with Crippen molar-refractivity contribution < 1.29 is 18.0 Å². The molecule has 1 N–H and O–H groups in total. The molecule has 2 aliphatic heterocycles. The number of rotatable bonds is 6. The number of hydrazone groups is 1. The van der Waals surface area contributed by atoms with Gasteiger partial charge < -0.3 is 5.32 Å². The quantitative estimate of drug-likeness (QED) is 0.747. The molecule has 0 saturated carbocycles. The van der Waals surface area contributed by atoms with E-state index in [0.717, 1.165) is 11.1 Å². The molecule has 0 aliphatic carbocycles. The van der Waals surface area contributed by atoms with Crippen LogP contribution in [0.4, 0.5) is 0 Å². The Balaban J connectivity index is 1.53. The minimum absolute atomic E-state index is 0.0473. The highest BCUT2D eigenvalue weighted by molar-refractivity contribution is 7.91. The molecule has 2 aromatic carbocycles. The monoisotopic (exact) mass is 439 g/mol. The molecular formula is C23H25N3O4S. The zero-order valence-corrected chi connectivity index (χ0v) is 17.9. The Labute approximate surface area is 182 Å². The van der Waals surface area contributed by atoms with Crippen LogP contribution in [0.15, 0.2) is 65.8 Å². The van der Waals surface area contributed by atoms with Crippen LogP contribution >= 0.6 is 0 Å². The van der Waals surface area contributed by atoms with Crippen molar-refractivity contribution in [2.75, 3.05) is 11.5 Å². The summed E-state index contributed by atoms with van der Waals surface area (Å²) in [5.41, 5.74) is 2.33. The van der Waals surface area contributed by atoms with Gasteiger partial charge in [0.2, 0.25) is 5.91 Å². The summed E-state index contributed by atoms with van der Waals surface area (Å²) in [5, 5.41) is 8.58. The van der Waals surface area contributed by atoms with Gasteiger partial charge in [0.25, 0.3) is 5.91 Å². The van der Waals surface area contributed by atoms with Crippen LogP contribution < -0.4 is 5.32 Å². The van der Waals surface area contributed by atoms with Crippen LogP contribution in [0.25, 0.3) is 0 Å². The number of nitrogens with one attached hydrogen (secondary N) is 1. The summed E-state index contributed by atoms with van der Waals surface area (Å²) in [4.78, 5) is 25.4. The van der Waals surface area contributed by atoms with Gasteiger partial charge in [0.15, 0.2) is 9.84 Å². The standard InChI is InChI=1S/C23H25N3O4S/c27-22-12-11-20(25-26(22)19-13-14-31(29,30)16-19)23(28)24-21(18-9-5-2-6-10-18)15-17-7-3-1-4-8-17/h1-10,19,21H,11-16H2,(H,24,28). The molecule has 31 heavy (non-hydrogen) atoms. The second-order valence-electron chi connectivity index (χ2n) is 7.97. The van der Waals surface area contributed by atoms with Crippen molar-refractivity contribution in [3.63, 3.8) is 0 Å². The topological polar surface area (TPSA) is 95.9 Å². The van der Waals surface area contributed by atoms with Crippen LogP contribution in [-0.2, 0) is 25.8 Å². The molecule has 162 valence electrons. The van der Waals surface area contributed by atoms with E-state index in [-0.39, 0.29) is 47.9 Å². The third kappa shape index (κ3) is 5.19. The van der Waals surface area contributed by atoms with Crippen molar-refractivity contribution in [1.82, 2.24) is 10.3 Å². The summed E-state index contributed by atoms with van der Waals surface area (Å²) in [6.45, 7) is 0. The molecule has 1 fully saturated rings. The first-order chi connectivity index (χ1) is 14.9. The normalized spacial score (nSPS) is 21.4. The molecule has 2 aliphatic rings. The SMILES string of the molecule is O=C(NC(Cc1ccccc1)c1ccccc1)C1=NN(C2CCS(=O)(=O)C2)C(=O)CC1. The number of carbonyl (C=O) groups excluding carboxylic acids is 2. The lowest BCUT2D eigenvalue weighted by molar-refractivity contribution is -0.133. The van der Waals surface area contributed by atoms with E-state index in [2.05, 4.69) is 10.4 Å². The summed E-state index contributed by atoms with van der Waals surface area (Å²) in [5.74, 6) is -0.616. The van der Waals surface area contributed by atoms with Crippen LogP contribution in [0.5, 0.6) is 0 Å². The minimum atomic E-state index is -3.16. The van der Waals surface area contributed by atoms with Crippen molar-refractivity contribution in [2.45, 2.75) is 37.8 Å². The van der Waals surface area contributed by atoms with E-state index in [1.807, 2.05) is 60.7 Å². The second kappa shape index (κ2) is 9.01. The van der Waals surface area contributed by atoms with Gasteiger partial charge >= 0.3 is 0 Å². The molecule has 0 spiro atoms. The maximum Gasteiger partial charge on any atom is 0.267 e. The van der Waals surface area contributed by atoms with Gasteiger partial charge in [0.1, 0.15) is 5.71 Å². The number of hydrogen-bond donors (Lipinski definition) is 1. The van der Waals surface area contributed by atoms with Crippen molar-refractivity contribution in [2.24, 2.45) is 5.10 Å². The molecule has 0 aromatic heterocycles. The second-order valence-corrected chi connectivity index (χ2v) is 10.2. The molecular weight excluding hydrogens is 414 g/mol. The molecule has 1 saturated heterocycles. The van der Waals surface area contributed by atoms with Gasteiger partial charge in [-0.2, -0.15) is 5.10 Å². The summed E-state index contributed by atoms with van der Waals surface area (Å²) in [6, 6.07) is 18.9. The van der Waals surface area contributed by atoms with E-state index >= 15 is 0 Å². The van der Waals surface area contributed by atoms with Gasteiger partial charge in [-0.05, 0) is 24.0 Å². The molecule has 2 amide bonds. The van der Waals surface area contributed by atoms with E-state index < -0.39 is 15.9 Å². The van der Waals surface area contributed by atoms with E-state index in [9.17, 15) is 18.0 Å². The smallest absolute Gasteiger partial charge is 0.267 e. The Morgan fingerprint density at radius 2 is 1.74 bits per heavy atom. The van der Waals surface area contributed by atoms with Gasteiger partial charge in [-0.25, -0.2) is 13.4 Å². The number of carbonyl (C=O) groups is 2. The van der Waals surface area contributed by atoms with Crippen LogP contribution in [0.3, 0.4) is 0 Å². The Kier molecular flexibility index (Phi) is 6.18. The number of nitrogens with zero attached hydrogens (tertiary/aromatic N) is 2. The lowest BCUT2D eigenvalue weighted by Gasteiger charge is -2.28. The average Bonchev–Trinajstić information content (AvgIpc) is 3.14. The number of amides is 2. The zero-order chi connectivity index (χ0) is 21.8. The van der Waals surface area contributed by atoms with Gasteiger partial charge in [0, 0.05) is 12.8 Å². The Morgan fingerprint density at radius 1 is 1.06 bits per heavy atom. The van der Waals surface area contributed by atoms with Crippen LogP contribution in [0.1, 0.15) is 36.4 Å². The predicted octanol–water partition coefficient (Wildman–Crippen LogP) is 2.25. The first kappa shape index (κ1) is 21.2. The molecule has 0 bridgehead atoms. The lowest BCUT2D eigenvalue weighted by atomic mass is 9.98. The molecule has 4 rings (SSSR count). The first-order valence-electron chi connectivity index (χ1n) is 10.4. The van der Waals surface area contributed by atoms with Crippen molar-refractivity contribution >= 4 is 27.4 Å². The highest BCUT2D eigenvalue weighted by Gasteiger charge is 2.37. The van der Waals surface area contributed by atoms with E-state index in [1.54, 1.807) is 0 Å². The fraction of sp³-hybridized carbons (Fsp3) is 0.348. The third-order valence-electron chi connectivity index (χ3n) is 5.67. The van der Waals surface area contributed by atoms with Crippen LogP contribution in [0.2, 0.25) is 0 Å². The molecule has 8 heteroatoms. The third-order valence-corrected chi connectivity index (χ3v) is 7.42. The fourth-order valence-electron chi connectivity index (χ4n) is 4.02. The highest BCUT2D eigenvalue weighted by atomic mass is 32.2. The highest BCUT2D eigenvalue weighted by Crippen LogP contribution is 2.23. The number of hydrogen-bond acceptors (Lipinski definition) is 5. The Bertz CT molecular complexity index is 1080.